The molecule has 1 aliphatic heterocycles. The van der Waals surface area contributed by atoms with Gasteiger partial charge in [0, 0.05) is 12.6 Å². The molecule has 20 heavy (non-hydrogen) atoms. The monoisotopic (exact) mass is 273 g/mol. The van der Waals surface area contributed by atoms with Crippen LogP contribution in [-0.2, 0) is 0 Å². The van der Waals surface area contributed by atoms with E-state index in [4.69, 9.17) is 0 Å². The lowest BCUT2D eigenvalue weighted by Gasteiger charge is -2.39. The van der Waals surface area contributed by atoms with E-state index in [9.17, 15) is 5.11 Å². The van der Waals surface area contributed by atoms with E-state index in [1.807, 2.05) is 0 Å². The molecule has 2 fully saturated rings. The maximum atomic E-state index is 10.4. The van der Waals surface area contributed by atoms with Gasteiger partial charge in [0.2, 0.25) is 0 Å². The molecule has 0 amide bonds. The molecule has 4 unspecified atom stereocenters. The van der Waals surface area contributed by atoms with Gasteiger partial charge in [-0.05, 0) is 49.6 Å². The molecule has 2 heteroatoms. The maximum absolute atomic E-state index is 10.4. The zero-order valence-corrected chi connectivity index (χ0v) is 12.5. The van der Waals surface area contributed by atoms with Gasteiger partial charge in [-0.25, -0.2) is 0 Å². The van der Waals surface area contributed by atoms with Crippen LogP contribution in [0.2, 0.25) is 0 Å². The van der Waals surface area contributed by atoms with Gasteiger partial charge in [0.25, 0.3) is 0 Å². The van der Waals surface area contributed by atoms with Crippen LogP contribution in [0.4, 0.5) is 0 Å². The molecule has 1 saturated carbocycles. The lowest BCUT2D eigenvalue weighted by atomic mass is 9.79. The number of hydrogen-bond acceptors (Lipinski definition) is 2. The van der Waals surface area contributed by atoms with Crippen LogP contribution < -0.4 is 0 Å². The first-order valence-corrected chi connectivity index (χ1v) is 8.25. The van der Waals surface area contributed by atoms with Crippen LogP contribution in [0.1, 0.15) is 50.5 Å². The van der Waals surface area contributed by atoms with Gasteiger partial charge >= 0.3 is 0 Å². The first-order valence-electron chi connectivity index (χ1n) is 8.25. The summed E-state index contributed by atoms with van der Waals surface area (Å²) >= 11 is 0. The van der Waals surface area contributed by atoms with Crippen molar-refractivity contribution in [2.45, 2.75) is 57.1 Å². The van der Waals surface area contributed by atoms with E-state index in [1.165, 1.54) is 31.5 Å². The van der Waals surface area contributed by atoms with E-state index in [2.05, 4.69) is 42.2 Å². The van der Waals surface area contributed by atoms with E-state index in [0.717, 1.165) is 25.2 Å². The maximum Gasteiger partial charge on any atom is 0.0695 e. The van der Waals surface area contributed by atoms with Crippen molar-refractivity contribution in [2.24, 2.45) is 5.92 Å². The smallest absolute Gasteiger partial charge is 0.0695 e. The van der Waals surface area contributed by atoms with Crippen molar-refractivity contribution in [3.63, 3.8) is 0 Å². The van der Waals surface area contributed by atoms with Crippen LogP contribution in [0.25, 0.3) is 0 Å². The molecule has 1 heterocycles. The number of hydrogen-bond donors (Lipinski definition) is 1. The van der Waals surface area contributed by atoms with Crippen LogP contribution in [0.15, 0.2) is 30.3 Å². The van der Waals surface area contributed by atoms with Crippen molar-refractivity contribution in [3.8, 4) is 0 Å². The summed E-state index contributed by atoms with van der Waals surface area (Å²) in [6, 6.07) is 11.2. The zero-order valence-electron chi connectivity index (χ0n) is 12.5. The fraction of sp³-hybridized carbons (Fsp3) is 0.667. The summed E-state index contributed by atoms with van der Waals surface area (Å²) in [5, 5.41) is 10.4. The number of nitrogens with zero attached hydrogens (tertiary/aromatic N) is 1. The summed E-state index contributed by atoms with van der Waals surface area (Å²) in [5.74, 6) is 1.48. The second-order valence-electron chi connectivity index (χ2n) is 6.61. The van der Waals surface area contributed by atoms with Crippen molar-refractivity contribution in [1.82, 2.24) is 4.90 Å². The third-order valence-electron chi connectivity index (χ3n) is 5.42. The Bertz CT molecular complexity index is 419. The fourth-order valence-electron chi connectivity index (χ4n) is 4.05. The second-order valence-corrected chi connectivity index (χ2v) is 6.61. The molecule has 110 valence electrons. The van der Waals surface area contributed by atoms with Crippen LogP contribution in [0.5, 0.6) is 0 Å². The number of likely N-dealkylation sites (tertiary alicyclic amines) is 1. The number of aliphatic hydroxyl groups is 1. The SMILES string of the molecule is CCC1CCN(C2CC(c3ccccc3)CCC2O)C1. The molecule has 1 aromatic rings. The highest BCUT2D eigenvalue weighted by Gasteiger charge is 2.36. The highest BCUT2D eigenvalue weighted by molar-refractivity contribution is 5.20. The Hall–Kier alpha value is -0.860. The molecular weight excluding hydrogens is 246 g/mol. The number of benzene rings is 1. The minimum Gasteiger partial charge on any atom is -0.391 e. The third kappa shape index (κ3) is 2.91. The standard InChI is InChI=1S/C18H27NO/c1-2-14-10-11-19(13-14)17-12-16(8-9-18(17)20)15-6-4-3-5-7-15/h3-7,14,16-18,20H,2,8-13H2,1H3. The fourth-order valence-corrected chi connectivity index (χ4v) is 4.05. The summed E-state index contributed by atoms with van der Waals surface area (Å²) in [6.07, 6.45) is 5.69. The topological polar surface area (TPSA) is 23.5 Å². The molecule has 2 nitrogen and oxygen atoms in total. The molecule has 0 aromatic heterocycles. The van der Waals surface area contributed by atoms with Gasteiger partial charge in [0.15, 0.2) is 0 Å². The predicted molar refractivity (Wildman–Crippen MR) is 82.8 cm³/mol. The van der Waals surface area contributed by atoms with Gasteiger partial charge in [-0.2, -0.15) is 0 Å². The molecule has 1 N–H and O–H groups in total. The Morgan fingerprint density at radius 1 is 1.15 bits per heavy atom. The van der Waals surface area contributed by atoms with Gasteiger partial charge in [0.05, 0.1) is 6.10 Å². The van der Waals surface area contributed by atoms with E-state index in [1.54, 1.807) is 0 Å². The molecular formula is C18H27NO. The van der Waals surface area contributed by atoms with Crippen LogP contribution in [0.3, 0.4) is 0 Å². The summed E-state index contributed by atoms with van der Waals surface area (Å²) < 4.78 is 0. The van der Waals surface area contributed by atoms with Crippen LogP contribution in [0, 0.1) is 5.92 Å². The first-order chi connectivity index (χ1) is 9.78. The Labute approximate surface area is 122 Å². The molecule has 2 aliphatic rings. The predicted octanol–water partition coefficient (Wildman–Crippen LogP) is 3.42. The van der Waals surface area contributed by atoms with Gasteiger partial charge in [-0.1, -0.05) is 43.7 Å². The molecule has 3 rings (SSSR count). The van der Waals surface area contributed by atoms with Crippen LogP contribution >= 0.6 is 0 Å². The first kappa shape index (κ1) is 14.1. The second kappa shape index (κ2) is 6.28. The van der Waals surface area contributed by atoms with E-state index in [-0.39, 0.29) is 6.10 Å². The highest BCUT2D eigenvalue weighted by Crippen LogP contribution is 2.37. The van der Waals surface area contributed by atoms with E-state index >= 15 is 0 Å². The molecule has 1 aromatic carbocycles. The van der Waals surface area contributed by atoms with Crippen LogP contribution in [-0.4, -0.2) is 35.2 Å². The number of rotatable bonds is 3. The van der Waals surface area contributed by atoms with Crippen molar-refractivity contribution < 1.29 is 5.11 Å². The molecule has 0 bridgehead atoms. The average Bonchev–Trinajstić information content (AvgIpc) is 2.97. The van der Waals surface area contributed by atoms with Crippen molar-refractivity contribution in [3.05, 3.63) is 35.9 Å². The minimum absolute atomic E-state index is 0.120. The Morgan fingerprint density at radius 2 is 1.95 bits per heavy atom. The van der Waals surface area contributed by atoms with Crippen molar-refractivity contribution in [1.29, 1.82) is 0 Å². The Kier molecular flexibility index (Phi) is 4.42. The molecule has 1 aliphatic carbocycles. The van der Waals surface area contributed by atoms with Gasteiger partial charge in [0.1, 0.15) is 0 Å². The highest BCUT2D eigenvalue weighted by atomic mass is 16.3. The summed E-state index contributed by atoms with van der Waals surface area (Å²) in [7, 11) is 0. The van der Waals surface area contributed by atoms with Gasteiger partial charge in [-0.15, -0.1) is 0 Å². The Morgan fingerprint density at radius 3 is 2.65 bits per heavy atom. The molecule has 1 saturated heterocycles. The lowest BCUT2D eigenvalue weighted by molar-refractivity contribution is 0.0227. The summed E-state index contributed by atoms with van der Waals surface area (Å²) in [4.78, 5) is 2.56. The third-order valence-corrected chi connectivity index (χ3v) is 5.42. The quantitative estimate of drug-likeness (QED) is 0.912. The van der Waals surface area contributed by atoms with Gasteiger partial charge in [-0.3, -0.25) is 4.90 Å². The Balaban J connectivity index is 1.68. The zero-order chi connectivity index (χ0) is 13.9. The normalized spacial score (nSPS) is 35.3. The molecule has 0 radical (unpaired) electrons. The largest absolute Gasteiger partial charge is 0.391 e. The van der Waals surface area contributed by atoms with Gasteiger partial charge < -0.3 is 5.11 Å². The molecule has 4 atom stereocenters. The van der Waals surface area contributed by atoms with E-state index in [0.29, 0.717) is 12.0 Å². The minimum atomic E-state index is -0.120. The molecule has 0 spiro atoms. The van der Waals surface area contributed by atoms with Crippen molar-refractivity contribution in [2.75, 3.05) is 13.1 Å². The summed E-state index contributed by atoms with van der Waals surface area (Å²) in [5.41, 5.74) is 1.45. The van der Waals surface area contributed by atoms with Crippen molar-refractivity contribution >= 4 is 0 Å². The number of aliphatic hydroxyl groups excluding tert-OH is 1. The summed E-state index contributed by atoms with van der Waals surface area (Å²) in [6.45, 7) is 4.67. The lowest BCUT2D eigenvalue weighted by Crippen LogP contribution is -2.46. The average molecular weight is 273 g/mol. The van der Waals surface area contributed by atoms with E-state index < -0.39 is 0 Å².